The predicted molar refractivity (Wildman–Crippen MR) is 107 cm³/mol. The van der Waals surface area contributed by atoms with Crippen molar-refractivity contribution in [3.8, 4) is 16.9 Å². The lowest BCUT2D eigenvalue weighted by Gasteiger charge is -2.33. The summed E-state index contributed by atoms with van der Waals surface area (Å²) in [5, 5.41) is 5.52. The standard InChI is InChI=1S/C22H17FN4O/c23-18-6-8-21(24-14-18)27-22(28)20-7-5-16(11-17(20)13-25-27)15-3-1-4-19(12-15)26-9-2-10-26/h1,3-8,11-14H,2,9-10H2. The Balaban J connectivity index is 1.56. The fraction of sp³-hybridized carbons (Fsp3) is 0.136. The van der Waals surface area contributed by atoms with Crippen molar-refractivity contribution in [3.05, 3.63) is 83.2 Å². The maximum Gasteiger partial charge on any atom is 0.280 e. The highest BCUT2D eigenvalue weighted by molar-refractivity contribution is 5.86. The molecule has 4 aromatic rings. The Hall–Kier alpha value is -3.54. The summed E-state index contributed by atoms with van der Waals surface area (Å²) in [6, 6.07) is 16.9. The second-order valence-corrected chi connectivity index (χ2v) is 6.89. The van der Waals surface area contributed by atoms with Crippen LogP contribution in [-0.2, 0) is 0 Å². The number of hydrogen-bond acceptors (Lipinski definition) is 4. The molecule has 3 heterocycles. The summed E-state index contributed by atoms with van der Waals surface area (Å²) in [6.45, 7) is 2.20. The van der Waals surface area contributed by atoms with Crippen molar-refractivity contribution < 1.29 is 4.39 Å². The van der Waals surface area contributed by atoms with Crippen LogP contribution in [0.2, 0.25) is 0 Å². The van der Waals surface area contributed by atoms with Crippen LogP contribution in [0.4, 0.5) is 10.1 Å². The molecule has 1 fully saturated rings. The number of nitrogens with zero attached hydrogens (tertiary/aromatic N) is 4. The average Bonchev–Trinajstić information content (AvgIpc) is 2.68. The van der Waals surface area contributed by atoms with Gasteiger partial charge in [0.25, 0.3) is 5.56 Å². The molecule has 2 aromatic carbocycles. The van der Waals surface area contributed by atoms with Gasteiger partial charge < -0.3 is 4.90 Å². The highest BCUT2D eigenvalue weighted by atomic mass is 19.1. The topological polar surface area (TPSA) is 51.0 Å². The minimum Gasteiger partial charge on any atom is -0.371 e. The summed E-state index contributed by atoms with van der Waals surface area (Å²) in [7, 11) is 0. The van der Waals surface area contributed by atoms with Gasteiger partial charge in [0.15, 0.2) is 5.82 Å². The minimum atomic E-state index is -0.456. The molecule has 2 aromatic heterocycles. The summed E-state index contributed by atoms with van der Waals surface area (Å²) in [4.78, 5) is 19.1. The number of halogens is 1. The Kier molecular flexibility index (Phi) is 3.90. The number of pyridine rings is 1. The predicted octanol–water partition coefficient (Wildman–Crippen LogP) is 3.80. The fourth-order valence-corrected chi connectivity index (χ4v) is 3.44. The third-order valence-corrected chi connectivity index (χ3v) is 5.12. The normalized spacial score (nSPS) is 13.5. The van der Waals surface area contributed by atoms with Gasteiger partial charge in [-0.1, -0.05) is 18.2 Å². The summed E-state index contributed by atoms with van der Waals surface area (Å²) in [6.07, 6.45) is 3.95. The van der Waals surface area contributed by atoms with Gasteiger partial charge in [-0.15, -0.1) is 0 Å². The van der Waals surface area contributed by atoms with Crippen LogP contribution in [0.25, 0.3) is 27.7 Å². The molecule has 0 spiro atoms. The van der Waals surface area contributed by atoms with E-state index >= 15 is 0 Å². The average molecular weight is 372 g/mol. The molecule has 5 rings (SSSR count). The van der Waals surface area contributed by atoms with Crippen LogP contribution in [0.1, 0.15) is 6.42 Å². The zero-order valence-corrected chi connectivity index (χ0v) is 15.0. The minimum absolute atomic E-state index is 0.280. The lowest BCUT2D eigenvalue weighted by molar-refractivity contribution is 0.618. The van der Waals surface area contributed by atoms with E-state index in [1.807, 2.05) is 18.2 Å². The van der Waals surface area contributed by atoms with E-state index in [4.69, 9.17) is 0 Å². The first-order chi connectivity index (χ1) is 13.7. The van der Waals surface area contributed by atoms with Gasteiger partial charge in [0, 0.05) is 24.2 Å². The maximum atomic E-state index is 13.1. The quantitative estimate of drug-likeness (QED) is 0.549. The van der Waals surface area contributed by atoms with Crippen LogP contribution in [0.3, 0.4) is 0 Å². The van der Waals surface area contributed by atoms with Crippen molar-refractivity contribution in [2.45, 2.75) is 6.42 Å². The Morgan fingerprint density at radius 3 is 2.54 bits per heavy atom. The van der Waals surface area contributed by atoms with Crippen LogP contribution in [-0.4, -0.2) is 27.9 Å². The van der Waals surface area contributed by atoms with Gasteiger partial charge in [-0.25, -0.2) is 9.37 Å². The lowest BCUT2D eigenvalue weighted by atomic mass is 10.0. The van der Waals surface area contributed by atoms with Gasteiger partial charge >= 0.3 is 0 Å². The van der Waals surface area contributed by atoms with E-state index in [-0.39, 0.29) is 5.56 Å². The second kappa shape index (κ2) is 6.56. The van der Waals surface area contributed by atoms with Crippen molar-refractivity contribution in [2.75, 3.05) is 18.0 Å². The third kappa shape index (κ3) is 2.83. The molecule has 0 atom stereocenters. The molecule has 6 heteroatoms. The maximum absolute atomic E-state index is 13.1. The molecule has 0 bridgehead atoms. The second-order valence-electron chi connectivity index (χ2n) is 6.89. The highest BCUT2D eigenvalue weighted by Gasteiger charge is 2.15. The van der Waals surface area contributed by atoms with Crippen molar-refractivity contribution in [1.82, 2.24) is 14.8 Å². The first kappa shape index (κ1) is 16.6. The SMILES string of the molecule is O=c1c2ccc(-c3cccc(N4CCC4)c3)cc2cnn1-c1ccc(F)cn1. The van der Waals surface area contributed by atoms with Gasteiger partial charge in [0.2, 0.25) is 0 Å². The van der Waals surface area contributed by atoms with Gasteiger partial charge in [-0.3, -0.25) is 4.79 Å². The van der Waals surface area contributed by atoms with E-state index in [9.17, 15) is 9.18 Å². The largest absolute Gasteiger partial charge is 0.371 e. The number of benzene rings is 2. The van der Waals surface area contributed by atoms with Crippen LogP contribution >= 0.6 is 0 Å². The molecule has 0 saturated carbocycles. The molecule has 0 unspecified atom stereocenters. The fourth-order valence-electron chi connectivity index (χ4n) is 3.44. The van der Waals surface area contributed by atoms with E-state index in [0.717, 1.165) is 35.8 Å². The summed E-state index contributed by atoms with van der Waals surface area (Å²) in [5.74, 6) is -0.165. The Morgan fingerprint density at radius 2 is 1.79 bits per heavy atom. The van der Waals surface area contributed by atoms with Crippen molar-refractivity contribution in [2.24, 2.45) is 0 Å². The Bertz CT molecular complexity index is 1230. The van der Waals surface area contributed by atoms with E-state index in [2.05, 4.69) is 39.2 Å². The number of anilines is 1. The van der Waals surface area contributed by atoms with Crippen LogP contribution in [0.15, 0.2) is 71.8 Å². The van der Waals surface area contributed by atoms with Crippen LogP contribution < -0.4 is 10.5 Å². The van der Waals surface area contributed by atoms with E-state index in [0.29, 0.717) is 11.2 Å². The highest BCUT2D eigenvalue weighted by Crippen LogP contribution is 2.28. The van der Waals surface area contributed by atoms with Gasteiger partial charge in [-0.05, 0) is 53.9 Å². The van der Waals surface area contributed by atoms with E-state index < -0.39 is 5.82 Å². The Morgan fingerprint density at radius 1 is 0.929 bits per heavy atom. The molecule has 138 valence electrons. The number of aromatic nitrogens is 3. The number of fused-ring (bicyclic) bond motifs is 1. The molecule has 1 aliphatic heterocycles. The first-order valence-corrected chi connectivity index (χ1v) is 9.18. The smallest absolute Gasteiger partial charge is 0.280 e. The molecule has 5 nitrogen and oxygen atoms in total. The molecular formula is C22H17FN4O. The van der Waals surface area contributed by atoms with Crippen molar-refractivity contribution in [1.29, 1.82) is 0 Å². The van der Waals surface area contributed by atoms with Gasteiger partial charge in [0.05, 0.1) is 17.8 Å². The Labute approximate surface area is 160 Å². The third-order valence-electron chi connectivity index (χ3n) is 5.12. The lowest BCUT2D eigenvalue weighted by Crippen LogP contribution is -2.36. The molecule has 1 aliphatic rings. The van der Waals surface area contributed by atoms with Gasteiger partial charge in [0.1, 0.15) is 5.82 Å². The summed E-state index contributed by atoms with van der Waals surface area (Å²) >= 11 is 0. The summed E-state index contributed by atoms with van der Waals surface area (Å²) < 4.78 is 14.3. The molecule has 28 heavy (non-hydrogen) atoms. The number of hydrogen-bond donors (Lipinski definition) is 0. The van der Waals surface area contributed by atoms with Crippen LogP contribution in [0, 0.1) is 5.82 Å². The van der Waals surface area contributed by atoms with E-state index in [1.165, 1.54) is 28.9 Å². The first-order valence-electron chi connectivity index (χ1n) is 9.18. The van der Waals surface area contributed by atoms with Crippen molar-refractivity contribution in [3.63, 3.8) is 0 Å². The zero-order valence-electron chi connectivity index (χ0n) is 15.0. The summed E-state index contributed by atoms with van der Waals surface area (Å²) in [5.41, 5.74) is 3.08. The molecule has 0 N–H and O–H groups in total. The van der Waals surface area contributed by atoms with Gasteiger partial charge in [-0.2, -0.15) is 9.78 Å². The molecule has 0 aliphatic carbocycles. The molecule has 0 radical (unpaired) electrons. The molecular weight excluding hydrogens is 355 g/mol. The van der Waals surface area contributed by atoms with E-state index in [1.54, 1.807) is 6.20 Å². The zero-order chi connectivity index (χ0) is 19.1. The van der Waals surface area contributed by atoms with Crippen molar-refractivity contribution >= 4 is 16.5 Å². The monoisotopic (exact) mass is 372 g/mol. The molecule has 0 amide bonds. The molecule has 1 saturated heterocycles. The number of rotatable bonds is 3. The van der Waals surface area contributed by atoms with Crippen LogP contribution in [0.5, 0.6) is 0 Å².